The smallest absolute Gasteiger partial charge is 0.239 e. The number of nitrogens with one attached hydrogen (secondary N) is 4. The molecule has 1 aliphatic heterocycles. The summed E-state index contributed by atoms with van der Waals surface area (Å²) in [6, 6.07) is -0.854. The van der Waals surface area contributed by atoms with Gasteiger partial charge in [-0.25, -0.2) is 15.0 Å². The number of aliphatic hydroxyl groups is 2. The van der Waals surface area contributed by atoms with Gasteiger partial charge in [0.2, 0.25) is 11.8 Å². The zero-order chi connectivity index (χ0) is 26.6. The number of H-pyrrole nitrogens is 1. The van der Waals surface area contributed by atoms with Crippen molar-refractivity contribution in [2.75, 3.05) is 11.9 Å². The molecule has 0 aromatic carbocycles. The fourth-order valence-electron chi connectivity index (χ4n) is 4.50. The van der Waals surface area contributed by atoms with E-state index in [0.717, 1.165) is 19.3 Å². The van der Waals surface area contributed by atoms with Crippen LogP contribution < -0.4 is 16.0 Å². The number of unbranched alkanes of at least 4 members (excludes halogenated alkanes) is 8. The molecule has 6 N–H and O–H groups in total. The third kappa shape index (κ3) is 8.61. The summed E-state index contributed by atoms with van der Waals surface area (Å²) in [6.45, 7) is 3.69. The van der Waals surface area contributed by atoms with Gasteiger partial charge in [0, 0.05) is 6.42 Å². The third-order valence-electron chi connectivity index (χ3n) is 6.68. The fraction of sp³-hybridized carbons (Fsp3) is 0.720. The molecule has 1 fully saturated rings. The molecule has 0 spiro atoms. The van der Waals surface area contributed by atoms with E-state index >= 15 is 0 Å². The van der Waals surface area contributed by atoms with E-state index in [9.17, 15) is 19.8 Å². The normalized spacial score (nSPS) is 23.6. The summed E-state index contributed by atoms with van der Waals surface area (Å²) in [5.74, 6) is -0.275. The zero-order valence-corrected chi connectivity index (χ0v) is 21.8. The Morgan fingerprint density at radius 1 is 0.973 bits per heavy atom. The van der Waals surface area contributed by atoms with Crippen LogP contribution in [-0.2, 0) is 14.3 Å². The van der Waals surface area contributed by atoms with Crippen molar-refractivity contribution in [2.45, 2.75) is 109 Å². The number of anilines is 1. The lowest BCUT2D eigenvalue weighted by molar-refractivity contribution is -0.172. The summed E-state index contributed by atoms with van der Waals surface area (Å²) in [4.78, 5) is 39.6. The molecule has 37 heavy (non-hydrogen) atoms. The summed E-state index contributed by atoms with van der Waals surface area (Å²) in [6.07, 6.45) is 9.45. The number of ether oxygens (including phenoxy) is 1. The minimum Gasteiger partial charge on any atom is -0.388 e. The number of aliphatic hydroxyl groups excluding tert-OH is 2. The maximum atomic E-state index is 12.4. The van der Waals surface area contributed by atoms with Gasteiger partial charge in [0.05, 0.1) is 25.0 Å². The molecule has 2 aromatic heterocycles. The van der Waals surface area contributed by atoms with Crippen molar-refractivity contribution in [1.82, 2.24) is 30.6 Å². The van der Waals surface area contributed by atoms with E-state index in [0.29, 0.717) is 23.4 Å². The molecule has 0 bridgehead atoms. The molecule has 2 aromatic rings. The van der Waals surface area contributed by atoms with E-state index < -0.39 is 36.5 Å². The number of hydrogen-bond acceptors (Lipinski definition) is 9. The molecule has 3 heterocycles. The van der Waals surface area contributed by atoms with E-state index in [-0.39, 0.29) is 12.5 Å². The topological polar surface area (TPSA) is 174 Å². The number of aromatic nitrogens is 4. The summed E-state index contributed by atoms with van der Waals surface area (Å²) in [5, 5.41) is 29.5. The van der Waals surface area contributed by atoms with E-state index in [1.165, 1.54) is 51.2 Å². The van der Waals surface area contributed by atoms with Gasteiger partial charge in [0.15, 0.2) is 17.7 Å². The first kappa shape index (κ1) is 28.7. The Hall–Kier alpha value is -2.83. The molecule has 0 unspecified atom stereocenters. The van der Waals surface area contributed by atoms with Crippen LogP contribution in [0.2, 0.25) is 0 Å². The number of carbonyl (C=O) groups excluding carboxylic acids is 2. The molecule has 206 valence electrons. The van der Waals surface area contributed by atoms with Gasteiger partial charge in [-0.3, -0.25) is 9.59 Å². The first-order chi connectivity index (χ1) is 17.9. The lowest BCUT2D eigenvalue weighted by atomic mass is 9.96. The van der Waals surface area contributed by atoms with Crippen molar-refractivity contribution in [1.29, 1.82) is 0 Å². The maximum Gasteiger partial charge on any atom is 0.239 e. The predicted molar refractivity (Wildman–Crippen MR) is 138 cm³/mol. The first-order valence-corrected chi connectivity index (χ1v) is 13.4. The molecular formula is C25H41N7O5. The van der Waals surface area contributed by atoms with Crippen molar-refractivity contribution in [2.24, 2.45) is 0 Å². The van der Waals surface area contributed by atoms with Gasteiger partial charge in [-0.1, -0.05) is 58.3 Å². The minimum atomic E-state index is -1.35. The third-order valence-corrected chi connectivity index (χ3v) is 6.68. The van der Waals surface area contributed by atoms with Crippen LogP contribution in [0.5, 0.6) is 0 Å². The van der Waals surface area contributed by atoms with E-state index in [4.69, 9.17) is 4.74 Å². The molecular weight excluding hydrogens is 478 g/mol. The van der Waals surface area contributed by atoms with Crippen molar-refractivity contribution < 1.29 is 24.5 Å². The number of fused-ring (bicyclic) bond motifs is 1. The number of aromatic amines is 1. The molecule has 5 atom stereocenters. The Balaban J connectivity index is 1.35. The molecule has 0 saturated carbocycles. The minimum absolute atomic E-state index is 0.175. The maximum absolute atomic E-state index is 12.4. The molecule has 1 saturated heterocycles. The largest absolute Gasteiger partial charge is 0.388 e. The monoisotopic (exact) mass is 519 g/mol. The lowest BCUT2D eigenvalue weighted by Crippen LogP contribution is -2.64. The van der Waals surface area contributed by atoms with Gasteiger partial charge < -0.3 is 35.9 Å². The highest BCUT2D eigenvalue weighted by Gasteiger charge is 2.43. The molecule has 2 amide bonds. The highest BCUT2D eigenvalue weighted by molar-refractivity contribution is 5.85. The van der Waals surface area contributed by atoms with Crippen LogP contribution in [0.25, 0.3) is 11.2 Å². The van der Waals surface area contributed by atoms with Crippen LogP contribution in [0.1, 0.15) is 78.1 Å². The van der Waals surface area contributed by atoms with Crippen LogP contribution in [-0.4, -0.2) is 79.1 Å². The number of nitrogens with zero attached hydrogens (tertiary/aromatic N) is 3. The first-order valence-electron chi connectivity index (χ1n) is 13.4. The van der Waals surface area contributed by atoms with Crippen molar-refractivity contribution in [3.63, 3.8) is 0 Å². The Morgan fingerprint density at radius 2 is 1.68 bits per heavy atom. The Kier molecular flexibility index (Phi) is 11.5. The molecule has 0 aliphatic carbocycles. The second kappa shape index (κ2) is 14.8. The van der Waals surface area contributed by atoms with Crippen LogP contribution in [0.4, 0.5) is 5.82 Å². The van der Waals surface area contributed by atoms with Crippen molar-refractivity contribution in [3.8, 4) is 0 Å². The zero-order valence-electron chi connectivity index (χ0n) is 21.8. The number of rotatable bonds is 15. The standard InChI is InChI=1S/C25H41N7O5/c1-3-4-5-6-7-8-9-10-11-12-17(33)26-13-18(34)31-19-16(2)37-25(22(36)21(19)35)32-24-20-23(28-14-27-20)29-15-30-24/h14-16,19,21-22,25,35-36H,3-13H2,1-2H3,(H,26,33)(H,31,34)(H2,27,28,29,30,32)/t16-,19-,21+,22+,25-/m0/s1. The SMILES string of the molecule is CCCCCCCCCCCC(=O)NCC(=O)N[C@@H]1[C@@H](O)[C@@H](O)[C@@H](Nc2ncnc3nc[nH]c23)O[C@H]1C. The number of amides is 2. The van der Waals surface area contributed by atoms with Crippen molar-refractivity contribution >= 4 is 28.8 Å². The quantitative estimate of drug-likeness (QED) is 0.192. The van der Waals surface area contributed by atoms with E-state index in [2.05, 4.69) is 42.8 Å². The molecule has 1 aliphatic rings. The Labute approximate surface area is 217 Å². The summed E-state index contributed by atoms with van der Waals surface area (Å²) < 4.78 is 5.83. The highest BCUT2D eigenvalue weighted by Crippen LogP contribution is 2.24. The number of imidazole rings is 1. The van der Waals surface area contributed by atoms with Crippen LogP contribution in [0.15, 0.2) is 12.7 Å². The average Bonchev–Trinajstić information content (AvgIpc) is 3.37. The Morgan fingerprint density at radius 3 is 2.41 bits per heavy atom. The van der Waals surface area contributed by atoms with Crippen molar-refractivity contribution in [3.05, 3.63) is 12.7 Å². The summed E-state index contributed by atoms with van der Waals surface area (Å²) >= 11 is 0. The molecule has 12 nitrogen and oxygen atoms in total. The van der Waals surface area contributed by atoms with Gasteiger partial charge in [-0.2, -0.15) is 0 Å². The van der Waals surface area contributed by atoms with E-state index in [1.54, 1.807) is 6.92 Å². The van der Waals surface area contributed by atoms with Crippen LogP contribution in [0.3, 0.4) is 0 Å². The summed E-state index contributed by atoms with van der Waals surface area (Å²) in [7, 11) is 0. The highest BCUT2D eigenvalue weighted by atomic mass is 16.5. The van der Waals surface area contributed by atoms with Gasteiger partial charge >= 0.3 is 0 Å². The lowest BCUT2D eigenvalue weighted by Gasteiger charge is -2.42. The molecule has 3 rings (SSSR count). The predicted octanol–water partition coefficient (Wildman–Crippen LogP) is 1.75. The summed E-state index contributed by atoms with van der Waals surface area (Å²) in [5.41, 5.74) is 0.982. The van der Waals surface area contributed by atoms with Gasteiger partial charge in [-0.05, 0) is 13.3 Å². The Bertz CT molecular complexity index is 987. The second-order valence-corrected chi connectivity index (χ2v) is 9.66. The number of carbonyl (C=O) groups is 2. The van der Waals surface area contributed by atoms with Crippen LogP contribution >= 0.6 is 0 Å². The second-order valence-electron chi connectivity index (χ2n) is 9.66. The van der Waals surface area contributed by atoms with Gasteiger partial charge in [0.25, 0.3) is 0 Å². The average molecular weight is 520 g/mol. The van der Waals surface area contributed by atoms with Gasteiger partial charge in [-0.15, -0.1) is 0 Å². The molecule has 12 heteroatoms. The number of hydrogen-bond donors (Lipinski definition) is 6. The van der Waals surface area contributed by atoms with Crippen LogP contribution in [0, 0.1) is 0 Å². The fourth-order valence-corrected chi connectivity index (χ4v) is 4.50. The molecule has 0 radical (unpaired) electrons. The van der Waals surface area contributed by atoms with E-state index in [1.807, 2.05) is 0 Å². The van der Waals surface area contributed by atoms with Gasteiger partial charge in [0.1, 0.15) is 24.1 Å².